The summed E-state index contributed by atoms with van der Waals surface area (Å²) in [4.78, 5) is 10.4. The molecule has 0 aromatic rings. The Morgan fingerprint density at radius 2 is 2.42 bits per heavy atom. The maximum atomic E-state index is 10.4. The Labute approximate surface area is 71.1 Å². The van der Waals surface area contributed by atoms with E-state index in [-0.39, 0.29) is 0 Å². The van der Waals surface area contributed by atoms with Crippen molar-refractivity contribution in [2.75, 3.05) is 6.54 Å². The Balaban J connectivity index is 2.36. The first-order valence-electron chi connectivity index (χ1n) is 3.79. The molecule has 1 aliphatic heterocycles. The van der Waals surface area contributed by atoms with Crippen molar-refractivity contribution in [3.8, 4) is 0 Å². The number of carbonyl (C=O) groups is 1. The predicted octanol–water partition coefficient (Wildman–Crippen LogP) is 0.350. The summed E-state index contributed by atoms with van der Waals surface area (Å²) in [5.41, 5.74) is 2.81. The molecule has 1 heterocycles. The Hall–Kier alpha value is -1.29. The van der Waals surface area contributed by atoms with Crippen LogP contribution in [0.5, 0.6) is 0 Å². The quantitative estimate of drug-likeness (QED) is 0.638. The average molecular weight is 168 g/mol. The minimum Gasteiger partial charge on any atom is -0.480 e. The summed E-state index contributed by atoms with van der Waals surface area (Å²) in [6.07, 6.45) is 7.52. The van der Waals surface area contributed by atoms with Gasteiger partial charge in [0.15, 0.2) is 0 Å². The van der Waals surface area contributed by atoms with Gasteiger partial charge in [0.25, 0.3) is 0 Å². The van der Waals surface area contributed by atoms with Crippen molar-refractivity contribution in [3.05, 3.63) is 24.4 Å². The summed E-state index contributed by atoms with van der Waals surface area (Å²) >= 11 is 0. The number of allylic oxidation sites excluding steroid dienone is 2. The fourth-order valence-corrected chi connectivity index (χ4v) is 0.867. The van der Waals surface area contributed by atoms with Gasteiger partial charge >= 0.3 is 5.97 Å². The Kier molecular flexibility index (Phi) is 2.88. The smallest absolute Gasteiger partial charge is 0.322 e. The lowest BCUT2D eigenvalue weighted by atomic mass is 10.3. The molecule has 0 radical (unpaired) electrons. The Bertz CT molecular complexity index is 223. The van der Waals surface area contributed by atoms with E-state index in [9.17, 15) is 4.79 Å². The van der Waals surface area contributed by atoms with Gasteiger partial charge in [-0.3, -0.25) is 4.79 Å². The summed E-state index contributed by atoms with van der Waals surface area (Å²) in [7, 11) is 0. The molecule has 1 unspecified atom stereocenters. The second kappa shape index (κ2) is 3.92. The van der Waals surface area contributed by atoms with Crippen molar-refractivity contribution in [1.82, 2.24) is 10.4 Å². The van der Waals surface area contributed by atoms with E-state index in [2.05, 4.69) is 5.43 Å². The van der Waals surface area contributed by atoms with Gasteiger partial charge in [-0.2, -0.15) is 0 Å². The summed E-state index contributed by atoms with van der Waals surface area (Å²) in [6.45, 7) is 2.31. The second-order valence-corrected chi connectivity index (χ2v) is 2.61. The molecule has 1 rings (SSSR count). The molecule has 2 N–H and O–H groups in total. The number of nitrogens with one attached hydrogen (secondary N) is 1. The van der Waals surface area contributed by atoms with Gasteiger partial charge in [0.2, 0.25) is 0 Å². The molecule has 0 aromatic heterocycles. The second-order valence-electron chi connectivity index (χ2n) is 2.61. The van der Waals surface area contributed by atoms with Gasteiger partial charge in [-0.1, -0.05) is 12.2 Å². The van der Waals surface area contributed by atoms with Gasteiger partial charge in [-0.25, -0.2) is 5.43 Å². The van der Waals surface area contributed by atoms with Crippen LogP contribution in [0.1, 0.15) is 6.92 Å². The maximum Gasteiger partial charge on any atom is 0.322 e. The van der Waals surface area contributed by atoms with E-state index >= 15 is 0 Å². The third-order valence-electron chi connectivity index (χ3n) is 1.55. The zero-order chi connectivity index (χ0) is 8.97. The van der Waals surface area contributed by atoms with Crippen LogP contribution >= 0.6 is 0 Å². The van der Waals surface area contributed by atoms with E-state index in [0.717, 1.165) is 0 Å². The molecule has 1 aliphatic rings. The third kappa shape index (κ3) is 2.39. The van der Waals surface area contributed by atoms with Crippen LogP contribution in [0.4, 0.5) is 0 Å². The maximum absolute atomic E-state index is 10.4. The lowest BCUT2D eigenvalue weighted by Crippen LogP contribution is -2.44. The Morgan fingerprint density at radius 3 is 2.92 bits per heavy atom. The highest BCUT2D eigenvalue weighted by molar-refractivity contribution is 5.72. The first-order valence-corrected chi connectivity index (χ1v) is 3.79. The number of hydrogen-bond donors (Lipinski definition) is 2. The van der Waals surface area contributed by atoms with E-state index in [1.54, 1.807) is 18.1 Å². The van der Waals surface area contributed by atoms with Crippen LogP contribution in [0, 0.1) is 0 Å². The minimum atomic E-state index is -0.849. The van der Waals surface area contributed by atoms with Gasteiger partial charge in [-0.05, 0) is 13.0 Å². The number of hydrogen-bond acceptors (Lipinski definition) is 3. The molecule has 0 aromatic carbocycles. The van der Waals surface area contributed by atoms with Crippen molar-refractivity contribution in [1.29, 1.82) is 0 Å². The molecular formula is C8H12N2O2. The Morgan fingerprint density at radius 1 is 1.67 bits per heavy atom. The molecule has 0 saturated carbocycles. The van der Waals surface area contributed by atoms with E-state index in [4.69, 9.17) is 5.11 Å². The normalized spacial score (nSPS) is 17.9. The molecule has 0 fully saturated rings. The molecule has 4 nitrogen and oxygen atoms in total. The predicted molar refractivity (Wildman–Crippen MR) is 45.2 cm³/mol. The number of carboxylic acid groups (broad SMARTS) is 1. The van der Waals surface area contributed by atoms with E-state index in [1.165, 1.54) is 0 Å². The molecule has 66 valence electrons. The molecule has 1 atom stereocenters. The van der Waals surface area contributed by atoms with Crippen LogP contribution < -0.4 is 5.43 Å². The number of carboxylic acids is 1. The van der Waals surface area contributed by atoms with Crippen LogP contribution in [0.2, 0.25) is 0 Å². The summed E-state index contributed by atoms with van der Waals surface area (Å²) < 4.78 is 0. The number of rotatable bonds is 3. The van der Waals surface area contributed by atoms with Crippen LogP contribution in [0.3, 0.4) is 0 Å². The lowest BCUT2D eigenvalue weighted by molar-refractivity contribution is -0.140. The van der Waals surface area contributed by atoms with Crippen LogP contribution in [0.15, 0.2) is 24.4 Å². The van der Waals surface area contributed by atoms with Gasteiger partial charge in [-0.15, -0.1) is 0 Å². The first kappa shape index (κ1) is 8.80. The summed E-state index contributed by atoms with van der Waals surface area (Å²) in [5, 5.41) is 10.3. The highest BCUT2D eigenvalue weighted by Gasteiger charge is 2.12. The number of aliphatic carboxylic acids is 1. The van der Waals surface area contributed by atoms with Crippen molar-refractivity contribution < 1.29 is 9.90 Å². The van der Waals surface area contributed by atoms with Crippen LogP contribution in [-0.2, 0) is 4.79 Å². The molecule has 4 heteroatoms. The average Bonchev–Trinajstić information content (AvgIpc) is 2.06. The molecule has 0 bridgehead atoms. The fraction of sp³-hybridized carbons (Fsp3) is 0.375. The molecular weight excluding hydrogens is 156 g/mol. The minimum absolute atomic E-state index is 0.554. The molecule has 12 heavy (non-hydrogen) atoms. The van der Waals surface area contributed by atoms with Gasteiger partial charge in [0.05, 0.1) is 6.54 Å². The monoisotopic (exact) mass is 168 g/mol. The van der Waals surface area contributed by atoms with Crippen molar-refractivity contribution in [2.24, 2.45) is 0 Å². The first-order chi connectivity index (χ1) is 5.70. The number of nitrogens with zero attached hydrogens (tertiary/aromatic N) is 1. The van der Waals surface area contributed by atoms with E-state index in [1.807, 2.05) is 18.2 Å². The fourth-order valence-electron chi connectivity index (χ4n) is 0.867. The van der Waals surface area contributed by atoms with E-state index < -0.39 is 12.0 Å². The van der Waals surface area contributed by atoms with Crippen molar-refractivity contribution in [3.63, 3.8) is 0 Å². The van der Waals surface area contributed by atoms with Crippen molar-refractivity contribution in [2.45, 2.75) is 13.0 Å². The standard InChI is InChI=1S/C8H12N2O2/c1-7(8(11)12)9-10-5-3-2-4-6-10/h2-5,7,9H,6H2,1H3,(H,11,12). The van der Waals surface area contributed by atoms with Crippen LogP contribution in [-0.4, -0.2) is 28.7 Å². The zero-order valence-electron chi connectivity index (χ0n) is 6.90. The largest absolute Gasteiger partial charge is 0.480 e. The molecule has 0 amide bonds. The van der Waals surface area contributed by atoms with Gasteiger partial charge in [0, 0.05) is 6.20 Å². The number of hydrazine groups is 1. The summed E-state index contributed by atoms with van der Waals surface area (Å²) in [6, 6.07) is -0.554. The SMILES string of the molecule is CC(NN1C=CC=CC1)C(=O)O. The molecule has 0 aliphatic carbocycles. The van der Waals surface area contributed by atoms with Crippen molar-refractivity contribution >= 4 is 5.97 Å². The summed E-state index contributed by atoms with van der Waals surface area (Å²) in [5.74, 6) is -0.849. The van der Waals surface area contributed by atoms with Gasteiger partial charge in [0.1, 0.15) is 6.04 Å². The molecule has 0 saturated heterocycles. The topological polar surface area (TPSA) is 52.6 Å². The zero-order valence-corrected chi connectivity index (χ0v) is 6.90. The van der Waals surface area contributed by atoms with Crippen LogP contribution in [0.25, 0.3) is 0 Å². The third-order valence-corrected chi connectivity index (χ3v) is 1.55. The van der Waals surface area contributed by atoms with Gasteiger partial charge < -0.3 is 10.1 Å². The highest BCUT2D eigenvalue weighted by atomic mass is 16.4. The highest BCUT2D eigenvalue weighted by Crippen LogP contribution is 1.95. The lowest BCUT2D eigenvalue weighted by Gasteiger charge is -2.23. The van der Waals surface area contributed by atoms with E-state index in [0.29, 0.717) is 6.54 Å². The molecule has 0 spiro atoms.